The van der Waals surface area contributed by atoms with Crippen LogP contribution in [-0.2, 0) is 20.6 Å². The third-order valence-corrected chi connectivity index (χ3v) is 3.51. The molecule has 1 aromatic carbocycles. The Kier molecular flexibility index (Phi) is 6.27. The molecule has 1 aromatic rings. The molecule has 1 aliphatic rings. The monoisotopic (exact) mass is 316 g/mol. The molecule has 0 unspecified atom stereocenters. The van der Waals surface area contributed by atoms with E-state index in [9.17, 15) is 16.8 Å². The molecule has 0 amide bonds. The van der Waals surface area contributed by atoms with Crippen molar-refractivity contribution in [1.82, 2.24) is 0 Å². The molecule has 0 aliphatic heterocycles. The fraction of sp³-hybridized carbons (Fsp3) is 0. The summed E-state index contributed by atoms with van der Waals surface area (Å²) in [6.45, 7) is 0. The number of benzene rings is 1. The van der Waals surface area contributed by atoms with Crippen LogP contribution in [0.2, 0.25) is 5.02 Å². The second-order valence-electron chi connectivity index (χ2n) is 3.24. The van der Waals surface area contributed by atoms with E-state index in [0.29, 0.717) is 0 Å². The van der Waals surface area contributed by atoms with Gasteiger partial charge in [-0.3, -0.25) is 0 Å². The maximum absolute atomic E-state index is 10.3. The Morgan fingerprint density at radius 2 is 1.05 bits per heavy atom. The standard InChI is InChI=1S/C6H5Cl.C6H4O4S2/c7-6-4-2-1-3-5-6;7-11(8)5-1-2-6(4-3-5)12(9)10/h1-5H;1-4H. The smallest absolute Gasteiger partial charge is 0.184 e. The molecule has 19 heavy (non-hydrogen) atoms. The molecule has 0 atom stereocenters. The molecule has 4 nitrogen and oxygen atoms in total. The molecule has 7 heteroatoms. The van der Waals surface area contributed by atoms with Crippen molar-refractivity contribution in [3.63, 3.8) is 0 Å². The molecule has 0 saturated heterocycles. The number of rotatable bonds is 0. The summed E-state index contributed by atoms with van der Waals surface area (Å²) in [6.07, 6.45) is 4.92. The van der Waals surface area contributed by atoms with Gasteiger partial charge in [0, 0.05) is 5.02 Å². The van der Waals surface area contributed by atoms with E-state index in [1.54, 1.807) is 0 Å². The zero-order valence-electron chi connectivity index (χ0n) is 9.52. The van der Waals surface area contributed by atoms with Crippen molar-refractivity contribution in [2.75, 3.05) is 0 Å². The Labute approximate surface area is 118 Å². The van der Waals surface area contributed by atoms with Crippen LogP contribution >= 0.6 is 11.6 Å². The third-order valence-electron chi connectivity index (χ3n) is 1.94. The first kappa shape index (κ1) is 15.4. The Balaban J connectivity index is 0.000000218. The van der Waals surface area contributed by atoms with Gasteiger partial charge in [0.15, 0.2) is 0 Å². The lowest BCUT2D eigenvalue weighted by Crippen LogP contribution is -2.01. The Hall–Kier alpha value is -1.63. The quantitative estimate of drug-likeness (QED) is 0.681. The van der Waals surface area contributed by atoms with E-state index in [2.05, 4.69) is 0 Å². The molecule has 0 heterocycles. The van der Waals surface area contributed by atoms with Crippen molar-refractivity contribution in [3.8, 4) is 0 Å². The molecule has 0 spiro atoms. The van der Waals surface area contributed by atoms with Gasteiger partial charge in [-0.1, -0.05) is 29.8 Å². The molecule has 0 N–H and O–H groups in total. The van der Waals surface area contributed by atoms with E-state index < -0.39 is 20.6 Å². The fourth-order valence-electron chi connectivity index (χ4n) is 1.08. The molecule has 0 fully saturated rings. The van der Waals surface area contributed by atoms with Gasteiger partial charge in [-0.25, -0.2) is 0 Å². The van der Waals surface area contributed by atoms with Crippen LogP contribution in [0.5, 0.6) is 0 Å². The van der Waals surface area contributed by atoms with Crippen molar-refractivity contribution in [2.24, 2.45) is 0 Å². The van der Waals surface area contributed by atoms with Crippen LogP contribution < -0.4 is 0 Å². The summed E-state index contributed by atoms with van der Waals surface area (Å²) in [7, 11) is -4.60. The molecule has 0 aromatic heterocycles. The number of hydrogen-bond donors (Lipinski definition) is 0. The van der Waals surface area contributed by atoms with Crippen LogP contribution in [-0.4, -0.2) is 26.6 Å². The van der Waals surface area contributed by atoms with Crippen molar-refractivity contribution < 1.29 is 16.8 Å². The minimum Gasteiger partial charge on any atom is -0.184 e. The van der Waals surface area contributed by atoms with Gasteiger partial charge in [-0.2, -0.15) is 16.8 Å². The van der Waals surface area contributed by atoms with Crippen LogP contribution in [0.25, 0.3) is 0 Å². The highest BCUT2D eigenvalue weighted by Crippen LogP contribution is 2.03. The second kappa shape index (κ2) is 7.73. The molecular weight excluding hydrogens is 308 g/mol. The zero-order valence-corrected chi connectivity index (χ0v) is 11.9. The van der Waals surface area contributed by atoms with E-state index >= 15 is 0 Å². The van der Waals surface area contributed by atoms with E-state index in [1.165, 1.54) is 24.3 Å². The van der Waals surface area contributed by atoms with E-state index in [1.807, 2.05) is 30.3 Å². The van der Waals surface area contributed by atoms with Crippen molar-refractivity contribution in [3.05, 3.63) is 59.7 Å². The molecule has 100 valence electrons. The molecule has 0 saturated carbocycles. The fourth-order valence-corrected chi connectivity index (χ4v) is 1.94. The van der Waals surface area contributed by atoms with Crippen molar-refractivity contribution in [2.45, 2.75) is 0 Å². The number of halogens is 1. The first-order valence-corrected chi connectivity index (χ1v) is 7.52. The average Bonchev–Trinajstić information content (AvgIpc) is 2.40. The highest BCUT2D eigenvalue weighted by Gasteiger charge is 2.00. The van der Waals surface area contributed by atoms with E-state index in [-0.39, 0.29) is 9.73 Å². The predicted molar refractivity (Wildman–Crippen MR) is 77.6 cm³/mol. The molecular formula is C12H9ClO4S2. The van der Waals surface area contributed by atoms with Crippen LogP contribution in [0, 0.1) is 0 Å². The van der Waals surface area contributed by atoms with Gasteiger partial charge in [0.2, 0.25) is 20.6 Å². The lowest BCUT2D eigenvalue weighted by molar-refractivity contribution is 0.625. The molecule has 2 rings (SSSR count). The molecule has 0 radical (unpaired) electrons. The average molecular weight is 317 g/mol. The van der Waals surface area contributed by atoms with Gasteiger partial charge in [-0.15, -0.1) is 0 Å². The maximum atomic E-state index is 10.3. The third kappa shape index (κ3) is 5.69. The zero-order chi connectivity index (χ0) is 14.3. The highest BCUT2D eigenvalue weighted by molar-refractivity contribution is 7.74. The molecule has 1 aliphatic carbocycles. The summed E-state index contributed by atoms with van der Waals surface area (Å²) in [5.41, 5.74) is 0. The largest absolute Gasteiger partial charge is 0.221 e. The Morgan fingerprint density at radius 3 is 1.26 bits per heavy atom. The van der Waals surface area contributed by atoms with Crippen LogP contribution in [0.4, 0.5) is 0 Å². The van der Waals surface area contributed by atoms with Crippen molar-refractivity contribution >= 4 is 41.9 Å². The minimum atomic E-state index is -2.30. The summed E-state index contributed by atoms with van der Waals surface area (Å²) >= 11 is 5.54. The normalized spacial score (nSPS) is 12.7. The minimum absolute atomic E-state index is 0.0733. The van der Waals surface area contributed by atoms with Crippen molar-refractivity contribution in [1.29, 1.82) is 0 Å². The van der Waals surface area contributed by atoms with Crippen LogP contribution in [0.15, 0.2) is 54.6 Å². The van der Waals surface area contributed by atoms with Gasteiger partial charge in [0.05, 0.1) is 9.73 Å². The van der Waals surface area contributed by atoms with Gasteiger partial charge in [0.25, 0.3) is 0 Å². The summed E-state index contributed by atoms with van der Waals surface area (Å²) in [5.74, 6) is 0. The second-order valence-corrected chi connectivity index (χ2v) is 5.55. The molecule has 0 bridgehead atoms. The van der Waals surface area contributed by atoms with Gasteiger partial charge in [-0.05, 0) is 36.4 Å². The lowest BCUT2D eigenvalue weighted by Gasteiger charge is -1.92. The lowest BCUT2D eigenvalue weighted by atomic mass is 10.2. The van der Waals surface area contributed by atoms with Gasteiger partial charge < -0.3 is 0 Å². The van der Waals surface area contributed by atoms with Crippen LogP contribution in [0.3, 0.4) is 0 Å². The summed E-state index contributed by atoms with van der Waals surface area (Å²) in [4.78, 5) is 0.147. The number of hydrogen-bond acceptors (Lipinski definition) is 4. The Morgan fingerprint density at radius 1 is 0.684 bits per heavy atom. The van der Waals surface area contributed by atoms with E-state index in [0.717, 1.165) is 5.02 Å². The summed E-state index contributed by atoms with van der Waals surface area (Å²) in [5, 5.41) is 0.794. The van der Waals surface area contributed by atoms with Gasteiger partial charge >= 0.3 is 0 Å². The van der Waals surface area contributed by atoms with Gasteiger partial charge in [0.1, 0.15) is 0 Å². The summed E-state index contributed by atoms with van der Waals surface area (Å²) < 4.78 is 41.3. The maximum Gasteiger partial charge on any atom is 0.221 e. The highest BCUT2D eigenvalue weighted by atomic mass is 35.5. The Bertz CT molecular complexity index is 688. The topological polar surface area (TPSA) is 68.3 Å². The predicted octanol–water partition coefficient (Wildman–Crippen LogP) is 1.56. The number of allylic oxidation sites excluding steroid dienone is 4. The first-order valence-electron chi connectivity index (χ1n) is 5.00. The first-order chi connectivity index (χ1) is 9.00. The SMILES string of the molecule is Clc1ccccc1.O=S(=O)=C1C=CC(=S(=O)=O)C=C1. The van der Waals surface area contributed by atoms with Crippen LogP contribution in [0.1, 0.15) is 0 Å². The van der Waals surface area contributed by atoms with E-state index in [4.69, 9.17) is 11.6 Å². The summed E-state index contributed by atoms with van der Waals surface area (Å²) in [6, 6.07) is 9.44.